The van der Waals surface area contributed by atoms with Crippen LogP contribution in [0.3, 0.4) is 0 Å². The quantitative estimate of drug-likeness (QED) is 0.474. The Morgan fingerprint density at radius 1 is 1.33 bits per heavy atom. The van der Waals surface area contributed by atoms with Gasteiger partial charge in [0.25, 0.3) is 0 Å². The van der Waals surface area contributed by atoms with Crippen LogP contribution in [0.2, 0.25) is 0 Å². The van der Waals surface area contributed by atoms with Gasteiger partial charge in [-0.15, -0.1) is 0 Å². The van der Waals surface area contributed by atoms with Crippen LogP contribution in [0.25, 0.3) is 0 Å². The topological polar surface area (TPSA) is 0 Å². The second-order valence-electron chi connectivity index (χ2n) is 0.770. The molecule has 0 aromatic carbocycles. The molecule has 0 saturated heterocycles. The monoisotopic (exact) mass is 117 g/mol. The minimum absolute atomic E-state index is 1.74. The van der Waals surface area contributed by atoms with Gasteiger partial charge in [-0.25, -0.2) is 0 Å². The second-order valence-corrected chi connectivity index (χ2v) is 1.24. The van der Waals surface area contributed by atoms with Crippen LogP contribution in [-0.4, -0.2) is 4.73 Å². The van der Waals surface area contributed by atoms with Crippen LogP contribution >= 0.6 is 0 Å². The van der Waals surface area contributed by atoms with E-state index in [1.165, 1.54) is 0 Å². The van der Waals surface area contributed by atoms with Gasteiger partial charge in [-0.05, 0) is 0 Å². The van der Waals surface area contributed by atoms with Crippen molar-refractivity contribution in [3.05, 3.63) is 24.8 Å². The van der Waals surface area contributed by atoms with Gasteiger partial charge >= 0.3 is 46.5 Å². The minimum atomic E-state index is 1.74. The van der Waals surface area contributed by atoms with E-state index >= 15 is 0 Å². The third kappa shape index (κ3) is 3.93. The number of hydrogen-bond acceptors (Lipinski definition) is 0. The van der Waals surface area contributed by atoms with Crippen molar-refractivity contribution in [1.29, 1.82) is 0 Å². The summed E-state index contributed by atoms with van der Waals surface area (Å²) in [4.78, 5) is 0. The maximum absolute atomic E-state index is 3.48. The molecule has 6 heavy (non-hydrogen) atoms. The van der Waals surface area contributed by atoms with Crippen molar-refractivity contribution >= 4 is 4.73 Å². The molecule has 0 aromatic rings. The van der Waals surface area contributed by atoms with E-state index in [4.69, 9.17) is 0 Å². The summed E-state index contributed by atoms with van der Waals surface area (Å²) in [5.74, 6) is 0. The molecular weight excluding hydrogens is 111 g/mol. The van der Waals surface area contributed by atoms with Crippen LogP contribution in [-0.2, 0) is 17.0 Å². The Morgan fingerprint density at radius 2 is 2.00 bits per heavy atom. The van der Waals surface area contributed by atoms with E-state index in [1.54, 1.807) is 6.08 Å². The fourth-order valence-electron chi connectivity index (χ4n) is 0.128. The van der Waals surface area contributed by atoms with Gasteiger partial charge in [0, 0.05) is 0 Å². The first-order valence-electron chi connectivity index (χ1n) is 1.67. The number of rotatable bonds is 2. The Bertz CT molecular complexity index is 62.0. The molecule has 0 aliphatic rings. The molecule has 0 spiro atoms. The molecule has 0 amide bonds. The van der Waals surface area contributed by atoms with Crippen LogP contribution in [0.5, 0.6) is 0 Å². The average molecular weight is 117 g/mol. The van der Waals surface area contributed by atoms with Gasteiger partial charge in [0.1, 0.15) is 0 Å². The summed E-state index contributed by atoms with van der Waals surface area (Å²) in [6.45, 7) is 3.48. The van der Waals surface area contributed by atoms with Crippen molar-refractivity contribution < 1.29 is 17.0 Å². The molecule has 0 rings (SSSR count). The molecule has 0 radical (unpaired) electrons. The van der Waals surface area contributed by atoms with E-state index in [-0.39, 0.29) is 0 Å². The fraction of sp³-hybridized carbons (Fsp3) is 0. The van der Waals surface area contributed by atoms with Crippen LogP contribution in [0, 0.1) is 0 Å². The molecule has 31 valence electrons. The Balaban J connectivity index is 3.17. The Labute approximate surface area is 47.1 Å². The van der Waals surface area contributed by atoms with Crippen molar-refractivity contribution in [3.63, 3.8) is 0 Å². The summed E-state index contributed by atoms with van der Waals surface area (Å²) in [6.07, 6.45) is 5.52. The Kier molecular flexibility index (Phi) is 4.88. The van der Waals surface area contributed by atoms with Crippen molar-refractivity contribution in [3.8, 4) is 0 Å². The molecule has 0 N–H and O–H groups in total. The summed E-state index contributed by atoms with van der Waals surface area (Å²) in [6, 6.07) is 0. The van der Waals surface area contributed by atoms with Gasteiger partial charge in [0.05, 0.1) is 0 Å². The summed E-state index contributed by atoms with van der Waals surface area (Å²) in [5.41, 5.74) is 0. The van der Waals surface area contributed by atoms with Crippen LogP contribution in [0.1, 0.15) is 0 Å². The van der Waals surface area contributed by atoms with Crippen molar-refractivity contribution in [1.82, 2.24) is 0 Å². The Morgan fingerprint density at radius 3 is 2.17 bits per heavy atom. The van der Waals surface area contributed by atoms with Gasteiger partial charge in [-0.1, -0.05) is 0 Å². The summed E-state index contributed by atoms with van der Waals surface area (Å²) in [7, 11) is 0. The summed E-state index contributed by atoms with van der Waals surface area (Å²) >= 11 is 2.35. The van der Waals surface area contributed by atoms with Gasteiger partial charge in [0.15, 0.2) is 0 Å². The zero-order valence-electron chi connectivity index (χ0n) is 3.46. The molecule has 1 heteroatoms. The predicted octanol–water partition coefficient (Wildman–Crippen LogP) is 1.08. The van der Waals surface area contributed by atoms with E-state index in [2.05, 4.69) is 23.6 Å². The number of allylic oxidation sites excluding steroid dienone is 3. The van der Waals surface area contributed by atoms with E-state index in [1.807, 2.05) is 16.9 Å². The van der Waals surface area contributed by atoms with Crippen molar-refractivity contribution in [2.75, 3.05) is 0 Å². The maximum atomic E-state index is 3.48. The molecule has 0 aliphatic carbocycles. The first-order valence-corrected chi connectivity index (χ1v) is 2.47. The van der Waals surface area contributed by atoms with Gasteiger partial charge < -0.3 is 0 Å². The molecule has 0 aliphatic heterocycles. The second kappa shape index (κ2) is 4.93. The molecule has 0 bridgehead atoms. The van der Waals surface area contributed by atoms with Gasteiger partial charge in [0.2, 0.25) is 0 Å². The zero-order valence-corrected chi connectivity index (χ0v) is 4.86. The molecule has 0 fully saturated rings. The van der Waals surface area contributed by atoms with E-state index in [0.29, 0.717) is 0 Å². The molecule has 0 saturated carbocycles. The molecule has 0 aromatic heterocycles. The predicted molar refractivity (Wildman–Crippen MR) is 25.4 cm³/mol. The molecule has 0 heterocycles. The molecule has 0 atom stereocenters. The molecule has 0 unspecified atom stereocenters. The number of hydrogen-bond donors (Lipinski definition) is 0. The normalized spacial score (nSPS) is 8.50. The van der Waals surface area contributed by atoms with E-state index < -0.39 is 0 Å². The average Bonchev–Trinajstić information content (AvgIpc) is 1.61. The molecule has 0 nitrogen and oxygen atoms in total. The fourth-order valence-corrected chi connectivity index (χ4v) is 0.283. The van der Waals surface area contributed by atoms with E-state index in [0.717, 1.165) is 0 Å². The van der Waals surface area contributed by atoms with Crippen molar-refractivity contribution in [2.45, 2.75) is 0 Å². The SMILES string of the molecule is C=C/C=C\[CH]=[V]. The van der Waals surface area contributed by atoms with Gasteiger partial charge in [-0.2, -0.15) is 0 Å². The van der Waals surface area contributed by atoms with Crippen LogP contribution in [0.15, 0.2) is 24.8 Å². The first kappa shape index (κ1) is 5.93. The Hall–Kier alpha value is -0.0656. The summed E-state index contributed by atoms with van der Waals surface area (Å²) < 4.78 is 1.90. The van der Waals surface area contributed by atoms with Crippen LogP contribution in [0.4, 0.5) is 0 Å². The standard InChI is InChI=1S/C5H6.V/c1-3-5-4-2;/h1,3-5H,2H2;/b5-3-;. The summed E-state index contributed by atoms with van der Waals surface area (Å²) in [5, 5.41) is 0. The third-order valence-electron chi connectivity index (χ3n) is 0.333. The van der Waals surface area contributed by atoms with Crippen molar-refractivity contribution in [2.24, 2.45) is 0 Å². The van der Waals surface area contributed by atoms with Crippen LogP contribution < -0.4 is 0 Å². The third-order valence-corrected chi connectivity index (χ3v) is 0.602. The molecular formula is C5H6V. The van der Waals surface area contributed by atoms with E-state index in [9.17, 15) is 0 Å². The zero-order chi connectivity index (χ0) is 4.83. The van der Waals surface area contributed by atoms with Gasteiger partial charge in [-0.3, -0.25) is 0 Å². The first-order chi connectivity index (χ1) is 2.91.